The van der Waals surface area contributed by atoms with Crippen LogP contribution in [-0.4, -0.2) is 22.5 Å². The molecule has 0 amide bonds. The minimum atomic E-state index is -2.71. The number of allylic oxidation sites excluding steroid dienone is 2. The number of benzene rings is 1. The number of halogens is 2. The molecule has 0 aliphatic carbocycles. The fraction of sp³-hybridized carbons (Fsp3) is 0.211. The van der Waals surface area contributed by atoms with Gasteiger partial charge in [-0.25, -0.2) is 0 Å². The fourth-order valence-electron chi connectivity index (χ4n) is 3.45. The van der Waals surface area contributed by atoms with Crippen molar-refractivity contribution < 1.29 is 13.6 Å². The summed E-state index contributed by atoms with van der Waals surface area (Å²) in [4.78, 5) is 15.0. The largest absolute Gasteiger partial charge is 0.677 e. The van der Waals surface area contributed by atoms with Crippen molar-refractivity contribution in [3.63, 3.8) is 0 Å². The first-order valence-corrected chi connectivity index (χ1v) is 8.40. The van der Waals surface area contributed by atoms with E-state index in [1.165, 1.54) is 12.1 Å². The topological polar surface area (TPSA) is 60.4 Å². The van der Waals surface area contributed by atoms with Gasteiger partial charge in [0.2, 0.25) is 0 Å². The van der Waals surface area contributed by atoms with E-state index in [9.17, 15) is 18.7 Å². The van der Waals surface area contributed by atoms with Crippen molar-refractivity contribution in [1.29, 1.82) is 0 Å². The van der Waals surface area contributed by atoms with Crippen LogP contribution >= 0.6 is 0 Å². The lowest BCUT2D eigenvalue weighted by Crippen LogP contribution is -2.18. The zero-order valence-electron chi connectivity index (χ0n) is 15.5. The standard InChI is InChI=1S/C19H18BF2N3O2/c1-11-9-13(3)23-18(11)17(15-5-7-16(8-6-15)25(26)27)19-12(2)10-14(4)24(19)20(21)22/h5-10H,1-4H3/b18-17-. The molecule has 0 N–H and O–H groups in total. The summed E-state index contributed by atoms with van der Waals surface area (Å²) in [6.45, 7) is 7.12. The van der Waals surface area contributed by atoms with Gasteiger partial charge in [-0.1, -0.05) is 0 Å². The van der Waals surface area contributed by atoms with Gasteiger partial charge in [-0.2, -0.15) is 0 Å². The van der Waals surface area contributed by atoms with E-state index in [0.29, 0.717) is 33.8 Å². The average Bonchev–Trinajstić information content (AvgIpc) is 3.07. The lowest BCUT2D eigenvalue weighted by molar-refractivity contribution is -0.384. The smallest absolute Gasteiger partial charge is 0.329 e. The number of aliphatic imine (C=N–C) groups is 1. The first-order chi connectivity index (χ1) is 12.7. The predicted molar refractivity (Wildman–Crippen MR) is 103 cm³/mol. The maximum atomic E-state index is 13.8. The molecule has 0 atom stereocenters. The highest BCUT2D eigenvalue weighted by Crippen LogP contribution is 2.37. The van der Waals surface area contributed by atoms with Gasteiger partial charge in [-0.3, -0.25) is 23.7 Å². The first kappa shape index (κ1) is 18.8. The lowest BCUT2D eigenvalue weighted by atomic mass is 9.94. The molecule has 2 aromatic rings. The molecule has 1 aromatic carbocycles. The van der Waals surface area contributed by atoms with Gasteiger partial charge in [0.25, 0.3) is 5.69 Å². The molecular formula is C19H18BF2N3O2. The number of nitro groups is 1. The van der Waals surface area contributed by atoms with Crippen molar-refractivity contribution in [2.24, 2.45) is 4.99 Å². The Kier molecular flexibility index (Phi) is 4.82. The number of non-ortho nitro benzene ring substituents is 1. The summed E-state index contributed by atoms with van der Waals surface area (Å²) in [7, 11) is -2.71. The summed E-state index contributed by atoms with van der Waals surface area (Å²) in [5.41, 5.74) is 4.84. The molecule has 3 rings (SSSR count). The highest BCUT2D eigenvalue weighted by Gasteiger charge is 2.29. The third-order valence-electron chi connectivity index (χ3n) is 4.54. The van der Waals surface area contributed by atoms with Crippen LogP contribution in [0, 0.1) is 24.0 Å². The third-order valence-corrected chi connectivity index (χ3v) is 4.54. The highest BCUT2D eigenvalue weighted by atomic mass is 19.2. The molecule has 0 bridgehead atoms. The summed E-state index contributed by atoms with van der Waals surface area (Å²) >= 11 is 0. The number of nitro benzene ring substituents is 1. The Bertz CT molecular complexity index is 1020. The molecule has 0 unspecified atom stereocenters. The van der Waals surface area contributed by atoms with Crippen LogP contribution in [0.5, 0.6) is 0 Å². The van der Waals surface area contributed by atoms with E-state index in [2.05, 4.69) is 4.99 Å². The second-order valence-electron chi connectivity index (χ2n) is 6.57. The summed E-state index contributed by atoms with van der Waals surface area (Å²) < 4.78 is 28.6. The number of aromatic nitrogens is 1. The van der Waals surface area contributed by atoms with Gasteiger partial charge in [0.15, 0.2) is 0 Å². The lowest BCUT2D eigenvalue weighted by Gasteiger charge is -2.16. The van der Waals surface area contributed by atoms with Crippen LogP contribution in [0.25, 0.3) is 5.57 Å². The van der Waals surface area contributed by atoms with E-state index in [4.69, 9.17) is 0 Å². The van der Waals surface area contributed by atoms with Gasteiger partial charge in [0.1, 0.15) is 0 Å². The Labute approximate surface area is 156 Å². The molecule has 2 heterocycles. The Balaban J connectivity index is 2.34. The van der Waals surface area contributed by atoms with Crippen LogP contribution in [-0.2, 0) is 0 Å². The minimum Gasteiger partial charge on any atom is -0.329 e. The van der Waals surface area contributed by atoms with Crippen molar-refractivity contribution >= 4 is 24.4 Å². The van der Waals surface area contributed by atoms with E-state index < -0.39 is 12.3 Å². The Morgan fingerprint density at radius 2 is 1.78 bits per heavy atom. The predicted octanol–water partition coefficient (Wildman–Crippen LogP) is 4.97. The second-order valence-corrected chi connectivity index (χ2v) is 6.57. The Hall–Kier alpha value is -3.03. The third kappa shape index (κ3) is 3.34. The normalized spacial score (nSPS) is 15.5. The Morgan fingerprint density at radius 3 is 2.26 bits per heavy atom. The first-order valence-electron chi connectivity index (χ1n) is 8.40. The van der Waals surface area contributed by atoms with E-state index in [1.807, 2.05) is 19.9 Å². The average molecular weight is 369 g/mol. The van der Waals surface area contributed by atoms with Gasteiger partial charge in [-0.05, 0) is 68.7 Å². The van der Waals surface area contributed by atoms with Crippen molar-refractivity contribution in [2.45, 2.75) is 27.7 Å². The van der Waals surface area contributed by atoms with Gasteiger partial charge in [-0.15, -0.1) is 0 Å². The molecule has 0 radical (unpaired) electrons. The molecule has 0 fully saturated rings. The quantitative estimate of drug-likeness (QED) is 0.434. The zero-order valence-corrected chi connectivity index (χ0v) is 15.5. The molecule has 0 saturated heterocycles. The second kappa shape index (κ2) is 6.94. The van der Waals surface area contributed by atoms with Crippen LogP contribution in [0.15, 0.2) is 52.7 Å². The molecule has 1 aromatic heterocycles. The molecule has 138 valence electrons. The zero-order chi connectivity index (χ0) is 19.9. The van der Waals surface area contributed by atoms with Gasteiger partial charge < -0.3 is 4.48 Å². The maximum absolute atomic E-state index is 13.8. The van der Waals surface area contributed by atoms with Gasteiger partial charge >= 0.3 is 7.40 Å². The van der Waals surface area contributed by atoms with E-state index in [0.717, 1.165) is 15.8 Å². The van der Waals surface area contributed by atoms with Crippen molar-refractivity contribution in [3.05, 3.63) is 80.3 Å². The van der Waals surface area contributed by atoms with Crippen molar-refractivity contribution in [3.8, 4) is 0 Å². The van der Waals surface area contributed by atoms with Crippen molar-refractivity contribution in [2.75, 3.05) is 0 Å². The number of hydrogen-bond acceptors (Lipinski definition) is 3. The number of nitrogens with zero attached hydrogens (tertiary/aromatic N) is 3. The fourth-order valence-corrected chi connectivity index (χ4v) is 3.45. The summed E-state index contributed by atoms with van der Waals surface area (Å²) in [6.07, 6.45) is 1.89. The van der Waals surface area contributed by atoms with Crippen LogP contribution < -0.4 is 0 Å². The van der Waals surface area contributed by atoms with E-state index in [1.54, 1.807) is 32.0 Å². The summed E-state index contributed by atoms with van der Waals surface area (Å²) in [5.74, 6) is 0. The van der Waals surface area contributed by atoms with Gasteiger partial charge in [0, 0.05) is 34.8 Å². The Morgan fingerprint density at radius 1 is 1.15 bits per heavy atom. The molecule has 1 aliphatic heterocycles. The molecule has 8 heteroatoms. The highest BCUT2D eigenvalue weighted by molar-refractivity contribution is 6.41. The van der Waals surface area contributed by atoms with E-state index >= 15 is 0 Å². The molecule has 27 heavy (non-hydrogen) atoms. The summed E-state index contributed by atoms with van der Waals surface area (Å²) in [6, 6.07) is 7.61. The SMILES string of the molecule is CC1=CC(C)=N/C1=C(/c1ccc([N+](=O)[O-])cc1)c1c(C)cc(C)n1B(F)F. The van der Waals surface area contributed by atoms with Crippen LogP contribution in [0.1, 0.15) is 36.4 Å². The van der Waals surface area contributed by atoms with Crippen LogP contribution in [0.4, 0.5) is 14.3 Å². The van der Waals surface area contributed by atoms with E-state index in [-0.39, 0.29) is 5.69 Å². The number of aryl methyl sites for hydroxylation is 2. The number of hydrogen-bond donors (Lipinski definition) is 0. The van der Waals surface area contributed by atoms with Crippen molar-refractivity contribution in [1.82, 2.24) is 4.48 Å². The van der Waals surface area contributed by atoms with Crippen LogP contribution in [0.3, 0.4) is 0 Å². The summed E-state index contributed by atoms with van der Waals surface area (Å²) in [5, 5.41) is 11.0. The maximum Gasteiger partial charge on any atom is 0.677 e. The monoisotopic (exact) mass is 369 g/mol. The van der Waals surface area contributed by atoms with Crippen LogP contribution in [0.2, 0.25) is 0 Å². The molecule has 5 nitrogen and oxygen atoms in total. The molecule has 0 saturated carbocycles. The number of rotatable bonds is 4. The molecule has 0 spiro atoms. The molecular weight excluding hydrogens is 351 g/mol. The molecule has 1 aliphatic rings. The van der Waals surface area contributed by atoms with Gasteiger partial charge in [0.05, 0.1) is 10.6 Å². The minimum absolute atomic E-state index is 0.0568.